The molecule has 0 saturated carbocycles. The van der Waals surface area contributed by atoms with Crippen LogP contribution in [-0.2, 0) is 12.8 Å². The third kappa shape index (κ3) is 4.86. The summed E-state index contributed by atoms with van der Waals surface area (Å²) in [5.74, 6) is 0.383. The van der Waals surface area contributed by atoms with Crippen molar-refractivity contribution in [1.29, 1.82) is 5.41 Å². The van der Waals surface area contributed by atoms with E-state index in [4.69, 9.17) is 16.9 Å². The molecule has 0 aliphatic heterocycles. The summed E-state index contributed by atoms with van der Waals surface area (Å²) < 4.78 is 0. The summed E-state index contributed by atoms with van der Waals surface area (Å²) in [6.07, 6.45) is 1.92. The Morgan fingerprint density at radius 2 is 1.23 bits per heavy atom. The summed E-state index contributed by atoms with van der Waals surface area (Å²) in [5.41, 5.74) is 15.1. The van der Waals surface area contributed by atoms with Gasteiger partial charge in [0.2, 0.25) is 0 Å². The van der Waals surface area contributed by atoms with Crippen LogP contribution >= 0.6 is 0 Å². The summed E-state index contributed by atoms with van der Waals surface area (Å²) in [4.78, 5) is 0. The number of aryl methyl sites for hydroxylation is 2. The van der Waals surface area contributed by atoms with Crippen LogP contribution in [0, 0.1) is 5.41 Å². The summed E-state index contributed by atoms with van der Waals surface area (Å²) in [6, 6.07) is 16.1. The zero-order valence-corrected chi connectivity index (χ0v) is 12.4. The lowest BCUT2D eigenvalue weighted by molar-refractivity contribution is 0.960. The van der Waals surface area contributed by atoms with E-state index < -0.39 is 0 Å². The predicted octanol–water partition coefficient (Wildman–Crippen LogP) is 2.62. The number of nitrogens with one attached hydrogen (secondary N) is 3. The highest BCUT2D eigenvalue weighted by Crippen LogP contribution is 2.14. The van der Waals surface area contributed by atoms with Crippen LogP contribution in [0.2, 0.25) is 0 Å². The van der Waals surface area contributed by atoms with Gasteiger partial charge < -0.3 is 22.1 Å². The number of nitrogens with two attached hydrogens (primary N) is 2. The monoisotopic (exact) mass is 295 g/mol. The van der Waals surface area contributed by atoms with Gasteiger partial charge in [-0.2, -0.15) is 0 Å². The van der Waals surface area contributed by atoms with E-state index in [1.807, 2.05) is 36.4 Å². The summed E-state index contributed by atoms with van der Waals surface area (Å²) in [7, 11) is 0. The van der Waals surface area contributed by atoms with Gasteiger partial charge in [0.15, 0.2) is 5.96 Å². The maximum Gasteiger partial charge on any atom is 0.190 e. The Hall–Kier alpha value is -2.95. The number of benzene rings is 2. The maximum absolute atomic E-state index is 7.19. The van der Waals surface area contributed by atoms with Gasteiger partial charge in [-0.15, -0.1) is 0 Å². The molecule has 0 amide bonds. The fraction of sp³-hybridized carbons (Fsp3) is 0.118. The molecule has 0 heterocycles. The average molecular weight is 295 g/mol. The Balaban J connectivity index is 1.89. The number of guanidine groups is 1. The summed E-state index contributed by atoms with van der Waals surface area (Å²) in [6.45, 7) is 3.61. The van der Waals surface area contributed by atoms with Crippen LogP contribution in [0.5, 0.6) is 0 Å². The first-order valence-electron chi connectivity index (χ1n) is 7.03. The van der Waals surface area contributed by atoms with Gasteiger partial charge in [0.25, 0.3) is 0 Å². The van der Waals surface area contributed by atoms with Crippen LogP contribution in [-0.4, -0.2) is 5.96 Å². The van der Waals surface area contributed by atoms with Crippen molar-refractivity contribution in [3.05, 3.63) is 72.1 Å². The molecule has 0 radical (unpaired) electrons. The van der Waals surface area contributed by atoms with Crippen molar-refractivity contribution in [1.82, 2.24) is 0 Å². The quantitative estimate of drug-likeness (QED) is 0.418. The maximum atomic E-state index is 7.19. The Labute approximate surface area is 130 Å². The highest BCUT2D eigenvalue weighted by Gasteiger charge is 1.99. The van der Waals surface area contributed by atoms with Crippen molar-refractivity contribution in [3.8, 4) is 0 Å². The normalized spacial score (nSPS) is 10.0. The molecule has 0 spiro atoms. The van der Waals surface area contributed by atoms with Crippen molar-refractivity contribution >= 4 is 17.3 Å². The topological polar surface area (TPSA) is 100.0 Å². The fourth-order valence-electron chi connectivity index (χ4n) is 2.14. The third-order valence-corrected chi connectivity index (χ3v) is 3.19. The van der Waals surface area contributed by atoms with Crippen molar-refractivity contribution in [2.24, 2.45) is 11.5 Å². The molecule has 0 unspecified atom stereocenters. The van der Waals surface area contributed by atoms with Gasteiger partial charge in [-0.05, 0) is 48.2 Å². The molecule has 22 heavy (non-hydrogen) atoms. The second kappa shape index (κ2) is 7.17. The number of rotatable bonds is 6. The number of anilines is 2. The fourth-order valence-corrected chi connectivity index (χ4v) is 2.14. The molecular formula is C17H21N5. The number of hydrogen-bond acceptors (Lipinski definition) is 3. The van der Waals surface area contributed by atoms with E-state index in [1.165, 1.54) is 11.1 Å². The lowest BCUT2D eigenvalue weighted by Gasteiger charge is -2.08. The number of hydrogen-bond donors (Lipinski definition) is 5. The van der Waals surface area contributed by atoms with Crippen molar-refractivity contribution in [2.75, 3.05) is 10.6 Å². The Kier molecular flexibility index (Phi) is 5.03. The Morgan fingerprint density at radius 1 is 0.818 bits per heavy atom. The highest BCUT2D eigenvalue weighted by molar-refractivity contribution is 5.89. The molecule has 7 N–H and O–H groups in total. The second-order valence-electron chi connectivity index (χ2n) is 5.08. The van der Waals surface area contributed by atoms with E-state index >= 15 is 0 Å². The van der Waals surface area contributed by atoms with Crippen LogP contribution in [0.3, 0.4) is 0 Å². The molecular weight excluding hydrogens is 274 g/mol. The first kappa shape index (κ1) is 15.4. The van der Waals surface area contributed by atoms with E-state index in [0.29, 0.717) is 5.82 Å². The zero-order valence-electron chi connectivity index (χ0n) is 12.4. The van der Waals surface area contributed by atoms with E-state index in [1.54, 1.807) is 0 Å². The van der Waals surface area contributed by atoms with Crippen molar-refractivity contribution in [2.45, 2.75) is 12.8 Å². The van der Waals surface area contributed by atoms with Gasteiger partial charge in [0.05, 0.1) is 5.82 Å². The molecule has 0 atom stereocenters. The van der Waals surface area contributed by atoms with E-state index in [2.05, 4.69) is 29.3 Å². The SMILES string of the molecule is C=C(N)Nc1ccc(CCc2ccc(NC(=N)N)cc2)cc1. The molecule has 2 aromatic carbocycles. The summed E-state index contributed by atoms with van der Waals surface area (Å²) >= 11 is 0. The van der Waals surface area contributed by atoms with Gasteiger partial charge in [-0.25, -0.2) is 0 Å². The average Bonchev–Trinajstić information content (AvgIpc) is 2.47. The lowest BCUT2D eigenvalue weighted by atomic mass is 10.0. The molecule has 5 heteroatoms. The van der Waals surface area contributed by atoms with Gasteiger partial charge in [-0.1, -0.05) is 30.8 Å². The first-order valence-corrected chi connectivity index (χ1v) is 7.03. The third-order valence-electron chi connectivity index (χ3n) is 3.19. The molecule has 0 aliphatic carbocycles. The molecule has 0 bridgehead atoms. The predicted molar refractivity (Wildman–Crippen MR) is 92.8 cm³/mol. The molecule has 0 saturated heterocycles. The van der Waals surface area contributed by atoms with Gasteiger partial charge >= 0.3 is 0 Å². The van der Waals surface area contributed by atoms with E-state index in [0.717, 1.165) is 24.2 Å². The molecule has 114 valence electrons. The minimum atomic E-state index is -0.0541. The van der Waals surface area contributed by atoms with Crippen molar-refractivity contribution in [3.63, 3.8) is 0 Å². The standard InChI is InChI=1S/C17H21N5/c1-12(18)21-15-8-4-13(5-9-15)2-3-14-6-10-16(11-7-14)22-17(19)20/h4-11,21H,1-3,18H2,(H4,19,20,22). The van der Waals surface area contributed by atoms with E-state index in [9.17, 15) is 0 Å². The molecule has 2 aromatic rings. The molecule has 2 rings (SSSR count). The van der Waals surface area contributed by atoms with Gasteiger partial charge in [0.1, 0.15) is 0 Å². The molecule has 0 aromatic heterocycles. The van der Waals surface area contributed by atoms with Crippen LogP contribution < -0.4 is 22.1 Å². The molecule has 0 aliphatic rings. The van der Waals surface area contributed by atoms with E-state index in [-0.39, 0.29) is 5.96 Å². The zero-order chi connectivity index (χ0) is 15.9. The van der Waals surface area contributed by atoms with Crippen LogP contribution in [0.4, 0.5) is 11.4 Å². The van der Waals surface area contributed by atoms with Crippen LogP contribution in [0.15, 0.2) is 60.9 Å². The largest absolute Gasteiger partial charge is 0.386 e. The first-order chi connectivity index (χ1) is 10.5. The Bertz CT molecular complexity index is 584. The molecule has 5 nitrogen and oxygen atoms in total. The Morgan fingerprint density at radius 3 is 1.59 bits per heavy atom. The minimum Gasteiger partial charge on any atom is -0.386 e. The van der Waals surface area contributed by atoms with Gasteiger partial charge in [0, 0.05) is 11.4 Å². The van der Waals surface area contributed by atoms with Crippen LogP contribution in [0.25, 0.3) is 0 Å². The minimum absolute atomic E-state index is 0.0541. The second-order valence-corrected chi connectivity index (χ2v) is 5.08. The van der Waals surface area contributed by atoms with Crippen molar-refractivity contribution < 1.29 is 0 Å². The summed E-state index contributed by atoms with van der Waals surface area (Å²) in [5, 5.41) is 12.9. The highest BCUT2D eigenvalue weighted by atomic mass is 15.0. The lowest BCUT2D eigenvalue weighted by Crippen LogP contribution is -2.20. The van der Waals surface area contributed by atoms with Crippen LogP contribution in [0.1, 0.15) is 11.1 Å². The van der Waals surface area contributed by atoms with Gasteiger partial charge in [-0.3, -0.25) is 5.41 Å². The molecule has 0 fully saturated rings. The smallest absolute Gasteiger partial charge is 0.190 e.